The van der Waals surface area contributed by atoms with Crippen LogP contribution < -0.4 is 5.32 Å². The molecule has 1 atom stereocenters. The van der Waals surface area contributed by atoms with Gasteiger partial charge in [-0.3, -0.25) is 4.79 Å². The summed E-state index contributed by atoms with van der Waals surface area (Å²) in [6.07, 6.45) is 11.9. The third-order valence-corrected chi connectivity index (χ3v) is 4.24. The van der Waals surface area contributed by atoms with Crippen molar-refractivity contribution in [3.63, 3.8) is 0 Å². The molecule has 2 nitrogen and oxygen atoms in total. The molecule has 1 N–H and O–H groups in total. The summed E-state index contributed by atoms with van der Waals surface area (Å²) in [6.45, 7) is 15.1. The number of benzene rings is 1. The van der Waals surface area contributed by atoms with Gasteiger partial charge >= 0.3 is 0 Å². The fourth-order valence-corrected chi connectivity index (χ4v) is 2.33. The Hall–Kier alpha value is -2.09. The van der Waals surface area contributed by atoms with Crippen molar-refractivity contribution in [2.45, 2.75) is 61.3 Å². The molecule has 2 heteroatoms. The third-order valence-electron chi connectivity index (χ3n) is 4.24. The minimum absolute atomic E-state index is 0.00614. The van der Waals surface area contributed by atoms with Crippen LogP contribution in [-0.4, -0.2) is 12.5 Å². The van der Waals surface area contributed by atoms with Crippen LogP contribution in [0.15, 0.2) is 60.2 Å². The maximum absolute atomic E-state index is 12.2. The number of allylic oxidation sites excluding steroid dienone is 4. The van der Waals surface area contributed by atoms with Gasteiger partial charge in [0, 0.05) is 17.5 Å². The maximum atomic E-state index is 12.2. The Labute approximate surface area is 161 Å². The Bertz CT molecular complexity index is 608. The lowest BCUT2D eigenvalue weighted by Crippen LogP contribution is -2.26. The van der Waals surface area contributed by atoms with Crippen molar-refractivity contribution >= 4 is 5.91 Å². The van der Waals surface area contributed by atoms with E-state index in [0.29, 0.717) is 6.54 Å². The number of carbonyl (C=O) groups excluding carboxylic acids is 1. The fourth-order valence-electron chi connectivity index (χ4n) is 2.33. The van der Waals surface area contributed by atoms with E-state index in [9.17, 15) is 4.79 Å². The number of hydrogen-bond donors (Lipinski definition) is 1. The fraction of sp³-hybridized carbons (Fsp3) is 0.458. The number of hydrogen-bond acceptors (Lipinski definition) is 1. The van der Waals surface area contributed by atoms with Crippen molar-refractivity contribution < 1.29 is 4.79 Å². The van der Waals surface area contributed by atoms with E-state index in [1.54, 1.807) is 0 Å². The molecule has 1 aliphatic rings. The molecule has 1 aromatic carbocycles. The normalized spacial score (nSPS) is 17.7. The maximum Gasteiger partial charge on any atom is 0.251 e. The predicted octanol–water partition coefficient (Wildman–Crippen LogP) is 6.17. The summed E-state index contributed by atoms with van der Waals surface area (Å²) in [4.78, 5) is 12.2. The van der Waals surface area contributed by atoms with Crippen molar-refractivity contribution in [2.24, 2.45) is 5.41 Å². The number of amides is 1. The van der Waals surface area contributed by atoms with Crippen molar-refractivity contribution in [3.8, 4) is 0 Å². The summed E-state index contributed by atoms with van der Waals surface area (Å²) in [7, 11) is 0. The summed E-state index contributed by atoms with van der Waals surface area (Å²) in [5.74, 6) is -0.00614. The lowest BCUT2D eigenvalue weighted by molar-refractivity contribution is -0.117. The minimum Gasteiger partial charge on any atom is -0.352 e. The van der Waals surface area contributed by atoms with E-state index >= 15 is 0 Å². The quantitative estimate of drug-likeness (QED) is 0.672. The van der Waals surface area contributed by atoms with Crippen molar-refractivity contribution in [2.75, 3.05) is 6.54 Å². The van der Waals surface area contributed by atoms with E-state index in [1.165, 1.54) is 11.1 Å². The standard InChI is InChI=1S/C20H25NO.2C2H6/c1-4-20(3)13-5-6-18(11-14-20)19(22)21-15-12-17-9-7-16(2)8-10-17;2*1-2/h5-11,13-14H,4,12,15H2,1-3H3,(H,21,22);2*1-2H3. The second kappa shape index (κ2) is 13.2. The summed E-state index contributed by atoms with van der Waals surface area (Å²) in [6, 6.07) is 8.43. The SMILES string of the molecule is CC.CC.CCC1(C)C=CC=C(C(=O)NCCc2ccc(C)cc2)C=C1. The summed E-state index contributed by atoms with van der Waals surface area (Å²) >= 11 is 0. The van der Waals surface area contributed by atoms with E-state index in [1.807, 2.05) is 45.9 Å². The molecular formula is C24H37NO. The van der Waals surface area contributed by atoms with Crippen molar-refractivity contribution in [1.29, 1.82) is 0 Å². The van der Waals surface area contributed by atoms with Crippen LogP contribution in [0.25, 0.3) is 0 Å². The zero-order valence-corrected chi connectivity index (χ0v) is 17.7. The first-order valence-electron chi connectivity index (χ1n) is 9.95. The van der Waals surface area contributed by atoms with E-state index in [4.69, 9.17) is 0 Å². The molecule has 144 valence electrons. The topological polar surface area (TPSA) is 29.1 Å². The van der Waals surface area contributed by atoms with Gasteiger partial charge in [0.05, 0.1) is 0 Å². The molecule has 0 aromatic heterocycles. The van der Waals surface area contributed by atoms with Crippen LogP contribution in [0.5, 0.6) is 0 Å². The smallest absolute Gasteiger partial charge is 0.251 e. The Morgan fingerprint density at radius 1 is 1.04 bits per heavy atom. The number of nitrogens with one attached hydrogen (secondary N) is 1. The summed E-state index contributed by atoms with van der Waals surface area (Å²) in [5, 5.41) is 3.00. The van der Waals surface area contributed by atoms with Gasteiger partial charge in [0.25, 0.3) is 5.91 Å². The van der Waals surface area contributed by atoms with Gasteiger partial charge < -0.3 is 5.32 Å². The Balaban J connectivity index is 0.00000146. The Morgan fingerprint density at radius 2 is 1.65 bits per heavy atom. The predicted molar refractivity (Wildman–Crippen MR) is 115 cm³/mol. The van der Waals surface area contributed by atoms with Gasteiger partial charge in [-0.1, -0.05) is 95.7 Å². The second-order valence-corrected chi connectivity index (χ2v) is 6.17. The molecule has 0 spiro atoms. The van der Waals surface area contributed by atoms with Crippen LogP contribution in [0.4, 0.5) is 0 Å². The molecule has 0 saturated heterocycles. The highest BCUT2D eigenvalue weighted by atomic mass is 16.1. The van der Waals surface area contributed by atoms with E-state index in [0.717, 1.165) is 18.4 Å². The molecule has 0 heterocycles. The molecular weight excluding hydrogens is 318 g/mol. The van der Waals surface area contributed by atoms with Gasteiger partial charge in [0.1, 0.15) is 0 Å². The minimum atomic E-state index is -0.00614. The zero-order valence-electron chi connectivity index (χ0n) is 17.7. The van der Waals surface area contributed by atoms with E-state index in [2.05, 4.69) is 62.5 Å². The number of aryl methyl sites for hydroxylation is 1. The van der Waals surface area contributed by atoms with Crippen LogP contribution >= 0.6 is 0 Å². The highest BCUT2D eigenvalue weighted by molar-refractivity contribution is 5.96. The number of carbonyl (C=O) groups is 1. The van der Waals surface area contributed by atoms with Crippen LogP contribution in [0.2, 0.25) is 0 Å². The average Bonchev–Trinajstić information content (AvgIpc) is 2.89. The largest absolute Gasteiger partial charge is 0.352 e. The summed E-state index contributed by atoms with van der Waals surface area (Å²) < 4.78 is 0. The molecule has 1 unspecified atom stereocenters. The van der Waals surface area contributed by atoms with E-state index < -0.39 is 0 Å². The number of rotatable bonds is 5. The molecule has 1 aliphatic carbocycles. The Morgan fingerprint density at radius 3 is 2.23 bits per heavy atom. The molecule has 1 aromatic rings. The summed E-state index contributed by atoms with van der Waals surface area (Å²) in [5.41, 5.74) is 3.26. The highest BCUT2D eigenvalue weighted by Crippen LogP contribution is 2.27. The molecule has 0 fully saturated rings. The third kappa shape index (κ3) is 8.33. The van der Waals surface area contributed by atoms with Crippen LogP contribution in [-0.2, 0) is 11.2 Å². The van der Waals surface area contributed by atoms with Gasteiger partial charge in [-0.25, -0.2) is 0 Å². The highest BCUT2D eigenvalue weighted by Gasteiger charge is 2.16. The van der Waals surface area contributed by atoms with E-state index in [-0.39, 0.29) is 11.3 Å². The van der Waals surface area contributed by atoms with Gasteiger partial charge in [0.2, 0.25) is 0 Å². The lowest BCUT2D eigenvalue weighted by Gasteiger charge is -2.18. The van der Waals surface area contributed by atoms with Gasteiger partial charge in [-0.15, -0.1) is 0 Å². The van der Waals surface area contributed by atoms with Crippen LogP contribution in [0, 0.1) is 12.3 Å². The molecule has 1 amide bonds. The van der Waals surface area contributed by atoms with Gasteiger partial charge in [-0.2, -0.15) is 0 Å². The monoisotopic (exact) mass is 355 g/mol. The Kier molecular flexibility index (Phi) is 12.1. The lowest BCUT2D eigenvalue weighted by atomic mass is 9.87. The molecule has 0 radical (unpaired) electrons. The molecule has 0 saturated carbocycles. The van der Waals surface area contributed by atoms with Crippen molar-refractivity contribution in [3.05, 3.63) is 71.3 Å². The first-order valence-corrected chi connectivity index (χ1v) is 9.95. The molecule has 0 bridgehead atoms. The van der Waals surface area contributed by atoms with Gasteiger partial charge in [-0.05, 0) is 31.4 Å². The first kappa shape index (κ1) is 23.9. The molecule has 26 heavy (non-hydrogen) atoms. The first-order chi connectivity index (χ1) is 12.5. The van der Waals surface area contributed by atoms with Gasteiger partial charge in [0.15, 0.2) is 0 Å². The molecule has 2 rings (SSSR count). The zero-order chi connectivity index (χ0) is 20.0. The van der Waals surface area contributed by atoms with Crippen LogP contribution in [0.1, 0.15) is 59.1 Å². The molecule has 0 aliphatic heterocycles. The van der Waals surface area contributed by atoms with Crippen LogP contribution in [0.3, 0.4) is 0 Å². The van der Waals surface area contributed by atoms with Crippen molar-refractivity contribution in [1.82, 2.24) is 5.32 Å². The average molecular weight is 356 g/mol. The second-order valence-electron chi connectivity index (χ2n) is 6.17.